The van der Waals surface area contributed by atoms with E-state index in [9.17, 15) is 4.79 Å². The highest BCUT2D eigenvalue weighted by molar-refractivity contribution is 5.88. The zero-order chi connectivity index (χ0) is 15.1. The lowest BCUT2D eigenvalue weighted by atomic mass is 10.2. The van der Waals surface area contributed by atoms with Crippen molar-refractivity contribution in [3.63, 3.8) is 0 Å². The molecule has 0 aliphatic rings. The summed E-state index contributed by atoms with van der Waals surface area (Å²) < 4.78 is 5.20. The van der Waals surface area contributed by atoms with E-state index in [0.717, 1.165) is 5.56 Å². The van der Waals surface area contributed by atoms with Gasteiger partial charge in [-0.25, -0.2) is 4.79 Å². The van der Waals surface area contributed by atoms with Crippen LogP contribution in [0.4, 0.5) is 10.6 Å². The number of nitrogens with one attached hydrogen (secondary N) is 1. The monoisotopic (exact) mass is 287 g/mol. The predicted octanol–water partition coefficient (Wildman–Crippen LogP) is 2.35. The largest absolute Gasteiger partial charge is 0.395 e. The molecule has 6 nitrogen and oxygen atoms in total. The maximum atomic E-state index is 12.0. The molecule has 2 aromatic rings. The van der Waals surface area contributed by atoms with Crippen molar-refractivity contribution in [2.75, 3.05) is 25.0 Å². The molecule has 6 heteroatoms. The fraction of sp³-hybridized carbons (Fsp3) is 0.200. The molecule has 1 aromatic heterocycles. The van der Waals surface area contributed by atoms with Crippen LogP contribution in [-0.4, -0.2) is 40.9 Å². The summed E-state index contributed by atoms with van der Waals surface area (Å²) in [5, 5.41) is 15.4. The van der Waals surface area contributed by atoms with Gasteiger partial charge in [-0.15, -0.1) is 6.58 Å². The summed E-state index contributed by atoms with van der Waals surface area (Å²) in [6, 6.07) is 10.8. The Balaban J connectivity index is 2.05. The van der Waals surface area contributed by atoms with Gasteiger partial charge < -0.3 is 14.5 Å². The topological polar surface area (TPSA) is 78.6 Å². The van der Waals surface area contributed by atoms with E-state index in [1.165, 1.54) is 4.90 Å². The second-order valence-electron chi connectivity index (χ2n) is 4.33. The molecule has 2 N–H and O–H groups in total. The molecule has 110 valence electrons. The minimum absolute atomic E-state index is 0.116. The Morgan fingerprint density at radius 1 is 1.43 bits per heavy atom. The second kappa shape index (κ2) is 7.25. The van der Waals surface area contributed by atoms with Crippen molar-refractivity contribution in [2.24, 2.45) is 0 Å². The number of hydrogen-bond acceptors (Lipinski definition) is 4. The molecule has 2 amide bonds. The maximum Gasteiger partial charge on any atom is 0.323 e. The molecule has 1 aromatic carbocycles. The van der Waals surface area contributed by atoms with E-state index in [4.69, 9.17) is 9.63 Å². The lowest BCUT2D eigenvalue weighted by Gasteiger charge is -2.19. The molecule has 0 atom stereocenters. The average molecular weight is 287 g/mol. The van der Waals surface area contributed by atoms with Gasteiger partial charge in [-0.2, -0.15) is 0 Å². The fourth-order valence-electron chi connectivity index (χ4n) is 1.81. The standard InChI is InChI=1S/C15H17N3O3/c1-2-8-18(9-10-19)15(20)16-14-11-13(21-17-14)12-6-4-3-5-7-12/h2-7,11,19H,1,8-10H2,(H,16,17,20). The number of rotatable bonds is 6. The molecule has 2 rings (SSSR count). The summed E-state index contributed by atoms with van der Waals surface area (Å²) in [6.45, 7) is 4.03. The summed E-state index contributed by atoms with van der Waals surface area (Å²) in [7, 11) is 0. The van der Waals surface area contributed by atoms with Crippen LogP contribution >= 0.6 is 0 Å². The van der Waals surface area contributed by atoms with Crippen molar-refractivity contribution >= 4 is 11.8 Å². The van der Waals surface area contributed by atoms with Crippen LogP contribution in [0.3, 0.4) is 0 Å². The lowest BCUT2D eigenvalue weighted by molar-refractivity contribution is 0.195. The molecule has 1 heterocycles. The zero-order valence-electron chi connectivity index (χ0n) is 11.5. The number of carbonyl (C=O) groups is 1. The van der Waals surface area contributed by atoms with Crippen LogP contribution < -0.4 is 5.32 Å². The first-order valence-electron chi connectivity index (χ1n) is 6.54. The van der Waals surface area contributed by atoms with E-state index in [-0.39, 0.29) is 19.2 Å². The Kier molecular flexibility index (Phi) is 5.11. The summed E-state index contributed by atoms with van der Waals surface area (Å²) >= 11 is 0. The number of hydrogen-bond donors (Lipinski definition) is 2. The smallest absolute Gasteiger partial charge is 0.323 e. The third-order valence-corrected chi connectivity index (χ3v) is 2.81. The van der Waals surface area contributed by atoms with Crippen LogP contribution in [0, 0.1) is 0 Å². The van der Waals surface area contributed by atoms with Crippen LogP contribution in [0.5, 0.6) is 0 Å². The van der Waals surface area contributed by atoms with Crippen molar-refractivity contribution < 1.29 is 14.4 Å². The molecule has 0 spiro atoms. The van der Waals surface area contributed by atoms with Gasteiger partial charge in [0.2, 0.25) is 0 Å². The van der Waals surface area contributed by atoms with Crippen molar-refractivity contribution in [3.8, 4) is 11.3 Å². The SMILES string of the molecule is C=CCN(CCO)C(=O)Nc1cc(-c2ccccc2)on1. The van der Waals surface area contributed by atoms with E-state index in [0.29, 0.717) is 18.1 Å². The first-order chi connectivity index (χ1) is 10.2. The van der Waals surface area contributed by atoms with Gasteiger partial charge in [0.25, 0.3) is 0 Å². The number of aromatic nitrogens is 1. The number of aliphatic hydroxyl groups is 1. The van der Waals surface area contributed by atoms with E-state index in [1.807, 2.05) is 30.3 Å². The fourth-order valence-corrected chi connectivity index (χ4v) is 1.81. The van der Waals surface area contributed by atoms with Gasteiger partial charge in [0.15, 0.2) is 11.6 Å². The second-order valence-corrected chi connectivity index (χ2v) is 4.33. The molecule has 0 unspecified atom stereocenters. The highest BCUT2D eigenvalue weighted by Gasteiger charge is 2.14. The van der Waals surface area contributed by atoms with Gasteiger partial charge in [-0.3, -0.25) is 5.32 Å². The van der Waals surface area contributed by atoms with E-state index in [2.05, 4.69) is 17.1 Å². The van der Waals surface area contributed by atoms with Crippen molar-refractivity contribution in [2.45, 2.75) is 0 Å². The first kappa shape index (κ1) is 14.8. The molecule has 0 saturated heterocycles. The number of carbonyl (C=O) groups excluding carboxylic acids is 1. The molecule has 0 fully saturated rings. The molecular formula is C15H17N3O3. The van der Waals surface area contributed by atoms with Gasteiger partial charge in [0, 0.05) is 24.7 Å². The first-order valence-corrected chi connectivity index (χ1v) is 6.54. The van der Waals surface area contributed by atoms with Crippen LogP contribution in [0.25, 0.3) is 11.3 Å². The molecule has 0 bridgehead atoms. The van der Waals surface area contributed by atoms with Crippen LogP contribution in [0.15, 0.2) is 53.6 Å². The summed E-state index contributed by atoms with van der Waals surface area (Å²) in [5.74, 6) is 0.897. The Morgan fingerprint density at radius 2 is 2.19 bits per heavy atom. The number of nitrogens with zero attached hydrogens (tertiary/aromatic N) is 2. The van der Waals surface area contributed by atoms with Crippen molar-refractivity contribution in [1.82, 2.24) is 10.1 Å². The number of urea groups is 1. The molecule has 0 radical (unpaired) electrons. The van der Waals surface area contributed by atoms with Crippen LogP contribution in [-0.2, 0) is 0 Å². The minimum atomic E-state index is -0.364. The third-order valence-electron chi connectivity index (χ3n) is 2.81. The summed E-state index contributed by atoms with van der Waals surface area (Å²) in [6.07, 6.45) is 1.59. The highest BCUT2D eigenvalue weighted by Crippen LogP contribution is 2.21. The number of benzene rings is 1. The Hall–Kier alpha value is -2.60. The highest BCUT2D eigenvalue weighted by atomic mass is 16.5. The van der Waals surface area contributed by atoms with Gasteiger partial charge in [0.1, 0.15) is 0 Å². The van der Waals surface area contributed by atoms with Gasteiger partial charge in [0.05, 0.1) is 6.61 Å². The maximum absolute atomic E-state index is 12.0. The van der Waals surface area contributed by atoms with Crippen molar-refractivity contribution in [3.05, 3.63) is 49.1 Å². The van der Waals surface area contributed by atoms with Crippen LogP contribution in [0.1, 0.15) is 0 Å². The van der Waals surface area contributed by atoms with E-state index >= 15 is 0 Å². The average Bonchev–Trinajstić information content (AvgIpc) is 2.96. The lowest BCUT2D eigenvalue weighted by Crippen LogP contribution is -2.37. The molecule has 0 aliphatic heterocycles. The predicted molar refractivity (Wildman–Crippen MR) is 79.8 cm³/mol. The summed E-state index contributed by atoms with van der Waals surface area (Å²) in [4.78, 5) is 13.4. The minimum Gasteiger partial charge on any atom is -0.395 e. The van der Waals surface area contributed by atoms with Crippen LogP contribution in [0.2, 0.25) is 0 Å². The molecular weight excluding hydrogens is 270 g/mol. The molecule has 0 saturated carbocycles. The van der Waals surface area contributed by atoms with Crippen molar-refractivity contribution in [1.29, 1.82) is 0 Å². The van der Waals surface area contributed by atoms with Gasteiger partial charge in [-0.1, -0.05) is 41.6 Å². The number of anilines is 1. The Labute approximate surface area is 122 Å². The number of amides is 2. The van der Waals surface area contributed by atoms with E-state index in [1.54, 1.807) is 12.1 Å². The quantitative estimate of drug-likeness (QED) is 0.799. The molecule has 21 heavy (non-hydrogen) atoms. The normalized spacial score (nSPS) is 10.1. The van der Waals surface area contributed by atoms with E-state index < -0.39 is 0 Å². The number of aliphatic hydroxyl groups excluding tert-OH is 1. The zero-order valence-corrected chi connectivity index (χ0v) is 11.5. The van der Waals surface area contributed by atoms with Gasteiger partial charge in [-0.05, 0) is 0 Å². The summed E-state index contributed by atoms with van der Waals surface area (Å²) in [5.41, 5.74) is 0.879. The third kappa shape index (κ3) is 3.93. The Morgan fingerprint density at radius 3 is 2.86 bits per heavy atom. The van der Waals surface area contributed by atoms with Gasteiger partial charge >= 0.3 is 6.03 Å². The Bertz CT molecular complexity index is 595. The molecule has 0 aliphatic carbocycles.